The van der Waals surface area contributed by atoms with Crippen molar-refractivity contribution in [3.8, 4) is 0 Å². The molecule has 0 bridgehead atoms. The summed E-state index contributed by atoms with van der Waals surface area (Å²) < 4.78 is 57.9. The van der Waals surface area contributed by atoms with Crippen molar-refractivity contribution in [1.29, 1.82) is 0 Å². The molecule has 0 radical (unpaired) electrons. The van der Waals surface area contributed by atoms with Crippen molar-refractivity contribution in [2.75, 3.05) is 12.4 Å². The lowest BCUT2D eigenvalue weighted by atomic mass is 10.2. The Morgan fingerprint density at radius 2 is 1.74 bits per heavy atom. The van der Waals surface area contributed by atoms with E-state index in [2.05, 4.69) is 5.32 Å². The van der Waals surface area contributed by atoms with Gasteiger partial charge in [-0.25, -0.2) is 26.7 Å². The number of carbonyl (C=O) groups is 2. The standard InChI is InChI=1S/C17H16F2N2O5S/c1-10(16(22)21-15-6-4-3-5-14(15)19)26-17(23)12-9-11(7-8-13(12)18)27(24,25)20-2/h3-10,20H,1-2H3,(H,21,22). The Bertz CT molecular complexity index is 979. The molecule has 1 unspecified atom stereocenters. The minimum Gasteiger partial charge on any atom is -0.449 e. The molecule has 0 aromatic heterocycles. The number of amides is 1. The molecule has 0 spiro atoms. The summed E-state index contributed by atoms with van der Waals surface area (Å²) in [5, 5.41) is 2.24. The van der Waals surface area contributed by atoms with Crippen molar-refractivity contribution in [1.82, 2.24) is 4.72 Å². The highest BCUT2D eigenvalue weighted by Crippen LogP contribution is 2.17. The average molecular weight is 398 g/mol. The lowest BCUT2D eigenvalue weighted by molar-refractivity contribution is -0.123. The predicted octanol–water partition coefficient (Wildman–Crippen LogP) is 2.06. The van der Waals surface area contributed by atoms with Crippen LogP contribution in [0.15, 0.2) is 47.4 Å². The van der Waals surface area contributed by atoms with Gasteiger partial charge in [0, 0.05) is 0 Å². The second kappa shape index (κ2) is 8.23. The molecule has 0 saturated heterocycles. The van der Waals surface area contributed by atoms with Gasteiger partial charge in [0.25, 0.3) is 5.91 Å². The van der Waals surface area contributed by atoms with Crippen LogP contribution in [0.2, 0.25) is 0 Å². The van der Waals surface area contributed by atoms with Gasteiger partial charge in [-0.3, -0.25) is 4.79 Å². The minimum absolute atomic E-state index is 0.112. The van der Waals surface area contributed by atoms with E-state index in [4.69, 9.17) is 4.74 Å². The fraction of sp³-hybridized carbons (Fsp3) is 0.176. The molecule has 1 amide bonds. The normalized spacial score (nSPS) is 12.3. The molecule has 0 aliphatic carbocycles. The molecule has 0 fully saturated rings. The molecule has 7 nitrogen and oxygen atoms in total. The van der Waals surface area contributed by atoms with E-state index in [-0.39, 0.29) is 10.6 Å². The number of carbonyl (C=O) groups excluding carboxylic acids is 2. The molecule has 2 aromatic carbocycles. The number of anilines is 1. The Morgan fingerprint density at radius 3 is 2.37 bits per heavy atom. The first kappa shape index (κ1) is 20.5. The van der Waals surface area contributed by atoms with Crippen LogP contribution in [-0.2, 0) is 19.6 Å². The van der Waals surface area contributed by atoms with Gasteiger partial charge in [-0.2, -0.15) is 0 Å². The highest BCUT2D eigenvalue weighted by atomic mass is 32.2. The molecule has 2 N–H and O–H groups in total. The third-order valence-electron chi connectivity index (χ3n) is 3.52. The fourth-order valence-electron chi connectivity index (χ4n) is 2.02. The number of ether oxygens (including phenoxy) is 1. The summed E-state index contributed by atoms with van der Waals surface area (Å²) in [7, 11) is -2.75. The van der Waals surface area contributed by atoms with Crippen LogP contribution in [0.4, 0.5) is 14.5 Å². The predicted molar refractivity (Wildman–Crippen MR) is 92.6 cm³/mol. The van der Waals surface area contributed by atoms with Crippen LogP contribution >= 0.6 is 0 Å². The maximum absolute atomic E-state index is 13.9. The van der Waals surface area contributed by atoms with Crippen molar-refractivity contribution in [2.24, 2.45) is 0 Å². The van der Waals surface area contributed by atoms with E-state index in [1.165, 1.54) is 25.1 Å². The zero-order chi connectivity index (χ0) is 20.2. The highest BCUT2D eigenvalue weighted by molar-refractivity contribution is 7.89. The van der Waals surface area contributed by atoms with Crippen molar-refractivity contribution in [3.63, 3.8) is 0 Å². The summed E-state index contributed by atoms with van der Waals surface area (Å²) in [4.78, 5) is 23.8. The van der Waals surface area contributed by atoms with Crippen LogP contribution in [0, 0.1) is 11.6 Å². The Balaban J connectivity index is 2.15. The van der Waals surface area contributed by atoms with E-state index in [0.29, 0.717) is 0 Å². The summed E-state index contributed by atoms with van der Waals surface area (Å²) >= 11 is 0. The third-order valence-corrected chi connectivity index (χ3v) is 4.93. The summed E-state index contributed by atoms with van der Waals surface area (Å²) in [6.45, 7) is 1.21. The van der Waals surface area contributed by atoms with E-state index >= 15 is 0 Å². The Labute approximate surface area is 154 Å². The van der Waals surface area contributed by atoms with Crippen LogP contribution in [0.3, 0.4) is 0 Å². The number of benzene rings is 2. The van der Waals surface area contributed by atoms with Gasteiger partial charge >= 0.3 is 5.97 Å². The monoisotopic (exact) mass is 398 g/mol. The first-order chi connectivity index (χ1) is 12.7. The lowest BCUT2D eigenvalue weighted by Gasteiger charge is -2.14. The molecule has 0 aliphatic heterocycles. The zero-order valence-electron chi connectivity index (χ0n) is 14.3. The molecule has 10 heteroatoms. The van der Waals surface area contributed by atoms with Crippen LogP contribution in [0.25, 0.3) is 0 Å². The molecule has 0 heterocycles. The van der Waals surface area contributed by atoms with Gasteiger partial charge in [0.15, 0.2) is 6.10 Å². The zero-order valence-corrected chi connectivity index (χ0v) is 15.1. The van der Waals surface area contributed by atoms with Gasteiger partial charge in [0.2, 0.25) is 10.0 Å². The number of esters is 1. The number of nitrogens with one attached hydrogen (secondary N) is 2. The number of sulfonamides is 1. The van der Waals surface area contributed by atoms with E-state index in [9.17, 15) is 26.8 Å². The second-order valence-electron chi connectivity index (χ2n) is 5.37. The first-order valence-electron chi connectivity index (χ1n) is 7.65. The van der Waals surface area contributed by atoms with Crippen molar-refractivity contribution >= 4 is 27.6 Å². The smallest absolute Gasteiger partial charge is 0.341 e. The second-order valence-corrected chi connectivity index (χ2v) is 7.25. The van der Waals surface area contributed by atoms with Crippen molar-refractivity contribution < 1.29 is 31.5 Å². The molecule has 2 aromatic rings. The van der Waals surface area contributed by atoms with E-state index in [1.807, 2.05) is 4.72 Å². The van der Waals surface area contributed by atoms with Crippen LogP contribution < -0.4 is 10.0 Å². The molecule has 27 heavy (non-hydrogen) atoms. The Kier molecular flexibility index (Phi) is 6.24. The summed E-state index contributed by atoms with van der Waals surface area (Å²) in [6.07, 6.45) is -1.39. The molecule has 0 saturated carbocycles. The van der Waals surface area contributed by atoms with Crippen LogP contribution in [0.5, 0.6) is 0 Å². The Hall–Kier alpha value is -2.85. The number of halogens is 2. The quantitative estimate of drug-likeness (QED) is 0.726. The highest BCUT2D eigenvalue weighted by Gasteiger charge is 2.24. The number of para-hydroxylation sites is 1. The lowest BCUT2D eigenvalue weighted by Crippen LogP contribution is -2.30. The minimum atomic E-state index is -3.91. The molecule has 0 aliphatic rings. The summed E-state index contributed by atoms with van der Waals surface area (Å²) in [5.74, 6) is -3.78. The molecule has 2 rings (SSSR count). The van der Waals surface area contributed by atoms with Gasteiger partial charge in [-0.05, 0) is 44.3 Å². The van der Waals surface area contributed by atoms with Crippen molar-refractivity contribution in [3.05, 3.63) is 59.7 Å². The van der Waals surface area contributed by atoms with Gasteiger partial charge < -0.3 is 10.1 Å². The van der Waals surface area contributed by atoms with Crippen LogP contribution in [0.1, 0.15) is 17.3 Å². The first-order valence-corrected chi connectivity index (χ1v) is 9.13. The van der Waals surface area contributed by atoms with E-state index in [1.54, 1.807) is 0 Å². The summed E-state index contributed by atoms with van der Waals surface area (Å²) in [6, 6.07) is 7.95. The number of hydrogen-bond donors (Lipinski definition) is 2. The molecular formula is C17H16F2N2O5S. The topological polar surface area (TPSA) is 102 Å². The molecule has 144 valence electrons. The van der Waals surface area contributed by atoms with Gasteiger partial charge in [0.1, 0.15) is 11.6 Å². The SMILES string of the molecule is CNS(=O)(=O)c1ccc(F)c(C(=O)OC(C)C(=O)Nc2ccccc2F)c1. The largest absolute Gasteiger partial charge is 0.449 e. The summed E-state index contributed by atoms with van der Waals surface area (Å²) in [5.41, 5.74) is -0.768. The van der Waals surface area contributed by atoms with Crippen LogP contribution in [-0.4, -0.2) is 33.4 Å². The van der Waals surface area contributed by atoms with E-state index < -0.39 is 45.2 Å². The average Bonchev–Trinajstić information content (AvgIpc) is 2.63. The maximum atomic E-state index is 13.9. The Morgan fingerprint density at radius 1 is 1.07 bits per heavy atom. The molecule has 1 atom stereocenters. The van der Waals surface area contributed by atoms with Gasteiger partial charge in [-0.15, -0.1) is 0 Å². The third kappa shape index (κ3) is 4.86. The number of hydrogen-bond acceptors (Lipinski definition) is 5. The van der Waals surface area contributed by atoms with E-state index in [0.717, 1.165) is 31.3 Å². The van der Waals surface area contributed by atoms with Gasteiger partial charge in [-0.1, -0.05) is 12.1 Å². The maximum Gasteiger partial charge on any atom is 0.341 e. The van der Waals surface area contributed by atoms with Gasteiger partial charge in [0.05, 0.1) is 16.1 Å². The fourth-order valence-corrected chi connectivity index (χ4v) is 2.78. The van der Waals surface area contributed by atoms with Crippen molar-refractivity contribution in [2.45, 2.75) is 17.9 Å². The number of rotatable bonds is 6. The molecular weight excluding hydrogens is 382 g/mol.